The number of nitrogens with two attached hydrogens (primary N) is 1. The monoisotopic (exact) mass is 493 g/mol. The summed E-state index contributed by atoms with van der Waals surface area (Å²) in [5.74, 6) is 1.07. The third-order valence-corrected chi connectivity index (χ3v) is 5.77. The van der Waals surface area contributed by atoms with Gasteiger partial charge in [-0.05, 0) is 50.1 Å². The van der Waals surface area contributed by atoms with E-state index in [1.54, 1.807) is 48.4 Å². The number of ether oxygens (including phenoxy) is 3. The molecule has 3 N–H and O–H groups in total. The van der Waals surface area contributed by atoms with Crippen molar-refractivity contribution in [3.63, 3.8) is 0 Å². The minimum Gasteiger partial charge on any atom is -0.493 e. The number of benzene rings is 2. The molecular weight excluding hydrogens is 458 g/mol. The van der Waals surface area contributed by atoms with Crippen molar-refractivity contribution in [2.45, 2.75) is 57.8 Å². The first-order chi connectivity index (χ1) is 17.1. The highest BCUT2D eigenvalue weighted by molar-refractivity contribution is 5.68. The quantitative estimate of drug-likeness (QED) is 0.544. The topological polar surface area (TPSA) is 118 Å². The normalized spacial score (nSPS) is 15.4. The average molecular weight is 494 g/mol. The molecule has 1 saturated heterocycles. The number of methoxy groups -OCH3 is 1. The number of rotatable bonds is 7. The maximum absolute atomic E-state index is 12.3. The van der Waals surface area contributed by atoms with Crippen LogP contribution in [-0.4, -0.2) is 54.1 Å². The van der Waals surface area contributed by atoms with Crippen molar-refractivity contribution in [2.24, 2.45) is 0 Å². The van der Waals surface area contributed by atoms with Crippen molar-refractivity contribution in [3.8, 4) is 17.6 Å². The van der Waals surface area contributed by atoms with Gasteiger partial charge in [-0.15, -0.1) is 0 Å². The predicted octanol–water partition coefficient (Wildman–Crippen LogP) is 4.54. The summed E-state index contributed by atoms with van der Waals surface area (Å²) in [6, 6.07) is 12.8. The molecule has 1 heterocycles. The molecule has 2 aromatic carbocycles. The third kappa shape index (κ3) is 7.65. The summed E-state index contributed by atoms with van der Waals surface area (Å²) < 4.78 is 17.2. The number of aliphatic hydroxyl groups excluding tert-OH is 1. The maximum Gasteiger partial charge on any atom is 0.410 e. The molecule has 0 bridgehead atoms. The average Bonchev–Trinajstić information content (AvgIpc) is 2.84. The fraction of sp³-hybridized carbons (Fsp3) is 0.429. The van der Waals surface area contributed by atoms with Crippen LogP contribution in [0.1, 0.15) is 50.3 Å². The Labute approximate surface area is 212 Å². The second kappa shape index (κ2) is 11.8. The van der Waals surface area contributed by atoms with E-state index >= 15 is 0 Å². The smallest absolute Gasteiger partial charge is 0.410 e. The van der Waals surface area contributed by atoms with Gasteiger partial charge in [-0.1, -0.05) is 24.3 Å². The van der Waals surface area contributed by atoms with Gasteiger partial charge in [0, 0.05) is 44.1 Å². The molecule has 8 heteroatoms. The molecule has 0 saturated carbocycles. The molecule has 192 valence electrons. The van der Waals surface area contributed by atoms with Crippen LogP contribution in [-0.2, 0) is 11.2 Å². The predicted molar refractivity (Wildman–Crippen MR) is 139 cm³/mol. The van der Waals surface area contributed by atoms with E-state index < -0.39 is 11.7 Å². The van der Waals surface area contributed by atoms with Gasteiger partial charge in [0.05, 0.1) is 24.8 Å². The second-order valence-electron chi connectivity index (χ2n) is 9.85. The van der Waals surface area contributed by atoms with Crippen molar-refractivity contribution in [2.75, 3.05) is 25.9 Å². The number of carbonyl (C=O) groups excluding carboxylic acids is 1. The number of anilines is 1. The van der Waals surface area contributed by atoms with Gasteiger partial charge in [-0.25, -0.2) is 4.79 Å². The van der Waals surface area contributed by atoms with Gasteiger partial charge in [-0.2, -0.15) is 5.26 Å². The number of nitrogens with zero attached hydrogens (tertiary/aromatic N) is 2. The van der Waals surface area contributed by atoms with Crippen LogP contribution in [0.5, 0.6) is 11.5 Å². The van der Waals surface area contributed by atoms with Gasteiger partial charge in [0.15, 0.2) is 11.5 Å². The molecule has 0 aromatic heterocycles. The molecule has 1 aliphatic heterocycles. The summed E-state index contributed by atoms with van der Waals surface area (Å²) in [6.45, 7) is 6.64. The van der Waals surface area contributed by atoms with E-state index in [-0.39, 0.29) is 18.6 Å². The molecule has 1 amide bonds. The summed E-state index contributed by atoms with van der Waals surface area (Å²) >= 11 is 0. The summed E-state index contributed by atoms with van der Waals surface area (Å²) in [5.41, 5.74) is 8.33. The van der Waals surface area contributed by atoms with Crippen molar-refractivity contribution < 1.29 is 24.1 Å². The van der Waals surface area contributed by atoms with Gasteiger partial charge >= 0.3 is 6.09 Å². The second-order valence-corrected chi connectivity index (χ2v) is 9.85. The number of nitrogen functional groups attached to an aromatic ring is 1. The SMILES string of the molecule is COc1cc(N)c(CC(O)/C=C/c2cccc(C#N)c2)cc1OC1CCN(C(=O)OC(C)(C)C)CC1. The highest BCUT2D eigenvalue weighted by Crippen LogP contribution is 2.35. The molecular formula is C28H35N3O5. The number of hydrogen-bond acceptors (Lipinski definition) is 7. The lowest BCUT2D eigenvalue weighted by molar-refractivity contribution is 0.0124. The number of nitriles is 1. The van der Waals surface area contributed by atoms with E-state index in [2.05, 4.69) is 6.07 Å². The molecule has 36 heavy (non-hydrogen) atoms. The first kappa shape index (κ1) is 26.9. The minimum absolute atomic E-state index is 0.0914. The van der Waals surface area contributed by atoms with E-state index in [9.17, 15) is 9.90 Å². The molecule has 1 fully saturated rings. The maximum atomic E-state index is 12.3. The lowest BCUT2D eigenvalue weighted by atomic mass is 10.0. The van der Waals surface area contributed by atoms with Gasteiger partial charge in [0.2, 0.25) is 0 Å². The molecule has 8 nitrogen and oxygen atoms in total. The zero-order valence-electron chi connectivity index (χ0n) is 21.4. The fourth-order valence-corrected chi connectivity index (χ4v) is 3.94. The molecule has 1 aliphatic rings. The van der Waals surface area contributed by atoms with Crippen molar-refractivity contribution >= 4 is 17.9 Å². The molecule has 0 spiro atoms. The van der Waals surface area contributed by atoms with Crippen LogP contribution >= 0.6 is 0 Å². The Hall–Kier alpha value is -3.70. The summed E-state index contributed by atoms with van der Waals surface area (Å²) in [5, 5.41) is 19.6. The van der Waals surface area contributed by atoms with E-state index in [1.807, 2.05) is 32.9 Å². The highest BCUT2D eigenvalue weighted by atomic mass is 16.6. The van der Waals surface area contributed by atoms with Crippen molar-refractivity contribution in [1.82, 2.24) is 4.90 Å². The van der Waals surface area contributed by atoms with E-state index in [0.717, 1.165) is 11.1 Å². The largest absolute Gasteiger partial charge is 0.493 e. The van der Waals surface area contributed by atoms with Crippen LogP contribution in [0.4, 0.5) is 10.5 Å². The summed E-state index contributed by atoms with van der Waals surface area (Å²) in [6.07, 6.45) is 3.88. The molecule has 2 aromatic rings. The third-order valence-electron chi connectivity index (χ3n) is 5.77. The Morgan fingerprint density at radius 3 is 2.61 bits per heavy atom. The van der Waals surface area contributed by atoms with Gasteiger partial charge < -0.3 is 30.0 Å². The fourth-order valence-electron chi connectivity index (χ4n) is 3.94. The molecule has 3 rings (SSSR count). The van der Waals surface area contributed by atoms with Crippen LogP contribution < -0.4 is 15.2 Å². The van der Waals surface area contributed by atoms with E-state index in [4.69, 9.17) is 25.2 Å². The van der Waals surface area contributed by atoms with Gasteiger partial charge in [0.25, 0.3) is 0 Å². The summed E-state index contributed by atoms with van der Waals surface area (Å²) in [4.78, 5) is 14.0. The van der Waals surface area contributed by atoms with Crippen LogP contribution in [0.2, 0.25) is 0 Å². The molecule has 0 aliphatic carbocycles. The highest BCUT2D eigenvalue weighted by Gasteiger charge is 2.28. The zero-order valence-corrected chi connectivity index (χ0v) is 21.4. The Morgan fingerprint density at radius 2 is 1.97 bits per heavy atom. The first-order valence-corrected chi connectivity index (χ1v) is 12.1. The lowest BCUT2D eigenvalue weighted by Gasteiger charge is -2.33. The Kier molecular flexibility index (Phi) is 8.83. The number of likely N-dealkylation sites (tertiary alicyclic amines) is 1. The van der Waals surface area contributed by atoms with E-state index in [0.29, 0.717) is 48.7 Å². The molecule has 1 unspecified atom stereocenters. The van der Waals surface area contributed by atoms with Crippen LogP contribution in [0.25, 0.3) is 6.08 Å². The van der Waals surface area contributed by atoms with Gasteiger partial charge in [-0.3, -0.25) is 0 Å². The number of amides is 1. The van der Waals surface area contributed by atoms with Crippen LogP contribution in [0.15, 0.2) is 42.5 Å². The standard InChI is InChI=1S/C28H35N3O5/c1-28(2,3)36-27(33)31-12-10-23(11-13-31)35-26-16-21(24(30)17-25(26)34-4)15-22(32)9-8-19-6-5-7-20(14-19)18-29/h5-9,14,16-17,22-23,32H,10-13,15,30H2,1-4H3/b9-8+. The van der Waals surface area contributed by atoms with Crippen LogP contribution in [0.3, 0.4) is 0 Å². The number of carbonyl (C=O) groups is 1. The minimum atomic E-state index is -0.781. The Bertz CT molecular complexity index is 1120. The summed E-state index contributed by atoms with van der Waals surface area (Å²) in [7, 11) is 1.55. The van der Waals surface area contributed by atoms with Crippen molar-refractivity contribution in [3.05, 3.63) is 59.2 Å². The number of piperidine rings is 1. The first-order valence-electron chi connectivity index (χ1n) is 12.1. The molecule has 1 atom stereocenters. The van der Waals surface area contributed by atoms with Crippen LogP contribution in [0, 0.1) is 11.3 Å². The number of aliphatic hydroxyl groups is 1. The number of hydrogen-bond donors (Lipinski definition) is 2. The lowest BCUT2D eigenvalue weighted by Crippen LogP contribution is -2.44. The molecule has 0 radical (unpaired) electrons. The van der Waals surface area contributed by atoms with Gasteiger partial charge in [0.1, 0.15) is 11.7 Å². The Balaban J connectivity index is 1.64. The Morgan fingerprint density at radius 1 is 1.25 bits per heavy atom. The van der Waals surface area contributed by atoms with Crippen molar-refractivity contribution in [1.29, 1.82) is 5.26 Å². The van der Waals surface area contributed by atoms with E-state index in [1.165, 1.54) is 0 Å². The zero-order chi connectivity index (χ0) is 26.3.